The zero-order valence-electron chi connectivity index (χ0n) is 8.41. The molecule has 0 spiro atoms. The summed E-state index contributed by atoms with van der Waals surface area (Å²) in [4.78, 5) is 11.8. The van der Waals surface area contributed by atoms with E-state index in [9.17, 15) is 10.1 Å². The number of hydrogen-bond donors (Lipinski definition) is 1. The standard InChI is InChI=1S/C9H11N3O3/c1-11(2)9-4-3-8(12(14)15)5-7(9)6-10-13/h3-6,13H,1-2H3/b10-6-. The third-order valence-corrected chi connectivity index (χ3v) is 1.90. The first-order valence-electron chi connectivity index (χ1n) is 4.19. The molecule has 1 N–H and O–H groups in total. The normalized spacial score (nSPS) is 10.5. The van der Waals surface area contributed by atoms with Crippen molar-refractivity contribution in [1.82, 2.24) is 0 Å². The molecule has 0 atom stereocenters. The predicted molar refractivity (Wildman–Crippen MR) is 56.8 cm³/mol. The number of hydrogen-bond acceptors (Lipinski definition) is 5. The summed E-state index contributed by atoms with van der Waals surface area (Å²) in [5.74, 6) is 0. The van der Waals surface area contributed by atoms with Crippen molar-refractivity contribution in [1.29, 1.82) is 0 Å². The minimum absolute atomic E-state index is 0.0319. The molecule has 6 heteroatoms. The summed E-state index contributed by atoms with van der Waals surface area (Å²) in [5.41, 5.74) is 1.21. The fraction of sp³-hybridized carbons (Fsp3) is 0.222. The van der Waals surface area contributed by atoms with Gasteiger partial charge in [-0.2, -0.15) is 0 Å². The van der Waals surface area contributed by atoms with Crippen LogP contribution >= 0.6 is 0 Å². The Bertz CT molecular complexity index is 402. The summed E-state index contributed by atoms with van der Waals surface area (Å²) in [6, 6.07) is 4.37. The maximum absolute atomic E-state index is 10.5. The molecule has 80 valence electrons. The molecule has 0 saturated heterocycles. The third-order valence-electron chi connectivity index (χ3n) is 1.90. The second kappa shape index (κ2) is 4.41. The van der Waals surface area contributed by atoms with Crippen LogP contribution in [0.25, 0.3) is 0 Å². The largest absolute Gasteiger partial charge is 0.411 e. The quantitative estimate of drug-likeness (QED) is 0.354. The molecule has 0 amide bonds. The lowest BCUT2D eigenvalue weighted by Gasteiger charge is -2.14. The van der Waals surface area contributed by atoms with Crippen LogP contribution in [0.2, 0.25) is 0 Å². The highest BCUT2D eigenvalue weighted by atomic mass is 16.6. The lowest BCUT2D eigenvalue weighted by atomic mass is 10.1. The van der Waals surface area contributed by atoms with Gasteiger partial charge in [0.25, 0.3) is 5.69 Å². The Balaban J connectivity index is 3.26. The molecule has 15 heavy (non-hydrogen) atoms. The van der Waals surface area contributed by atoms with Crippen molar-refractivity contribution in [3.05, 3.63) is 33.9 Å². The van der Waals surface area contributed by atoms with Crippen molar-refractivity contribution in [2.24, 2.45) is 5.16 Å². The van der Waals surface area contributed by atoms with Crippen LogP contribution in [0, 0.1) is 10.1 Å². The maximum Gasteiger partial charge on any atom is 0.270 e. The Morgan fingerprint density at radius 2 is 2.20 bits per heavy atom. The van der Waals surface area contributed by atoms with E-state index in [0.29, 0.717) is 5.56 Å². The monoisotopic (exact) mass is 209 g/mol. The Kier molecular flexibility index (Phi) is 3.22. The zero-order chi connectivity index (χ0) is 11.4. The number of nitro groups is 1. The average molecular weight is 209 g/mol. The molecule has 0 saturated carbocycles. The van der Waals surface area contributed by atoms with E-state index < -0.39 is 4.92 Å². The average Bonchev–Trinajstić information content (AvgIpc) is 2.17. The molecule has 0 radical (unpaired) electrons. The van der Waals surface area contributed by atoms with E-state index in [4.69, 9.17) is 5.21 Å². The van der Waals surface area contributed by atoms with Crippen LogP contribution in [0.1, 0.15) is 5.56 Å². The summed E-state index contributed by atoms with van der Waals surface area (Å²) in [7, 11) is 3.60. The van der Waals surface area contributed by atoms with Crippen LogP contribution in [0.5, 0.6) is 0 Å². The highest BCUT2D eigenvalue weighted by Crippen LogP contribution is 2.22. The predicted octanol–water partition coefficient (Wildman–Crippen LogP) is 1.47. The number of non-ortho nitro benzene ring substituents is 1. The van der Waals surface area contributed by atoms with Crippen molar-refractivity contribution in [3.8, 4) is 0 Å². The molecular formula is C9H11N3O3. The molecule has 1 rings (SSSR count). The summed E-state index contributed by atoms with van der Waals surface area (Å²) < 4.78 is 0. The van der Waals surface area contributed by atoms with Crippen LogP contribution in [0.3, 0.4) is 0 Å². The Hall–Kier alpha value is -2.11. The van der Waals surface area contributed by atoms with Crippen LogP contribution in [-0.4, -0.2) is 30.4 Å². The van der Waals surface area contributed by atoms with Gasteiger partial charge in [0, 0.05) is 37.5 Å². The highest BCUT2D eigenvalue weighted by molar-refractivity contribution is 5.88. The first kappa shape index (κ1) is 11.0. The number of oxime groups is 1. The van der Waals surface area contributed by atoms with E-state index in [-0.39, 0.29) is 5.69 Å². The van der Waals surface area contributed by atoms with E-state index in [2.05, 4.69) is 5.16 Å². The minimum atomic E-state index is -0.492. The van der Waals surface area contributed by atoms with Crippen LogP contribution in [-0.2, 0) is 0 Å². The van der Waals surface area contributed by atoms with Gasteiger partial charge in [0.2, 0.25) is 0 Å². The molecule has 0 aliphatic rings. The lowest BCUT2D eigenvalue weighted by molar-refractivity contribution is -0.384. The number of anilines is 1. The summed E-state index contributed by atoms with van der Waals surface area (Å²) >= 11 is 0. The number of benzene rings is 1. The van der Waals surface area contributed by atoms with E-state index in [1.54, 1.807) is 25.1 Å². The fourth-order valence-electron chi connectivity index (χ4n) is 1.23. The van der Waals surface area contributed by atoms with Crippen LogP contribution in [0.15, 0.2) is 23.4 Å². The number of nitrogens with zero attached hydrogens (tertiary/aromatic N) is 3. The molecule has 0 aliphatic heterocycles. The van der Waals surface area contributed by atoms with E-state index in [1.165, 1.54) is 18.3 Å². The Labute approximate surface area is 86.6 Å². The fourth-order valence-corrected chi connectivity index (χ4v) is 1.23. The molecule has 0 fully saturated rings. The summed E-state index contributed by atoms with van der Waals surface area (Å²) in [6.07, 6.45) is 1.17. The number of rotatable bonds is 3. The molecular weight excluding hydrogens is 198 g/mol. The van der Waals surface area contributed by atoms with E-state index in [0.717, 1.165) is 5.69 Å². The second-order valence-electron chi connectivity index (χ2n) is 3.14. The Morgan fingerprint density at radius 3 is 2.67 bits per heavy atom. The Morgan fingerprint density at radius 1 is 1.53 bits per heavy atom. The minimum Gasteiger partial charge on any atom is -0.411 e. The molecule has 0 bridgehead atoms. The SMILES string of the molecule is CN(C)c1ccc([N+](=O)[O-])cc1/C=N\O. The molecule has 1 aromatic rings. The van der Waals surface area contributed by atoms with Crippen molar-refractivity contribution in [2.45, 2.75) is 0 Å². The van der Waals surface area contributed by atoms with Crippen molar-refractivity contribution >= 4 is 17.6 Å². The zero-order valence-corrected chi connectivity index (χ0v) is 8.41. The van der Waals surface area contributed by atoms with Gasteiger partial charge >= 0.3 is 0 Å². The molecule has 0 unspecified atom stereocenters. The highest BCUT2D eigenvalue weighted by Gasteiger charge is 2.10. The van der Waals surface area contributed by atoms with Gasteiger partial charge in [-0.15, -0.1) is 0 Å². The maximum atomic E-state index is 10.5. The molecule has 1 aromatic carbocycles. The van der Waals surface area contributed by atoms with Crippen molar-refractivity contribution in [3.63, 3.8) is 0 Å². The first-order valence-corrected chi connectivity index (χ1v) is 4.19. The molecule has 0 aliphatic carbocycles. The van der Waals surface area contributed by atoms with Crippen LogP contribution < -0.4 is 4.90 Å². The smallest absolute Gasteiger partial charge is 0.270 e. The summed E-state index contributed by atoms with van der Waals surface area (Å²) in [6.45, 7) is 0. The van der Waals surface area contributed by atoms with Gasteiger partial charge in [-0.1, -0.05) is 5.16 Å². The first-order chi connectivity index (χ1) is 7.06. The second-order valence-corrected chi connectivity index (χ2v) is 3.14. The molecule has 6 nitrogen and oxygen atoms in total. The number of nitro benzene ring substituents is 1. The summed E-state index contributed by atoms with van der Waals surface area (Å²) in [5, 5.41) is 21.8. The van der Waals surface area contributed by atoms with Gasteiger partial charge in [0.05, 0.1) is 11.1 Å². The molecule has 0 aromatic heterocycles. The van der Waals surface area contributed by atoms with Gasteiger partial charge in [-0.3, -0.25) is 10.1 Å². The van der Waals surface area contributed by atoms with Gasteiger partial charge < -0.3 is 10.1 Å². The topological polar surface area (TPSA) is 79.0 Å². The molecule has 0 heterocycles. The van der Waals surface area contributed by atoms with Gasteiger partial charge in [0.15, 0.2) is 0 Å². The van der Waals surface area contributed by atoms with Crippen molar-refractivity contribution in [2.75, 3.05) is 19.0 Å². The van der Waals surface area contributed by atoms with Crippen molar-refractivity contribution < 1.29 is 10.1 Å². The lowest BCUT2D eigenvalue weighted by Crippen LogP contribution is -2.11. The van der Waals surface area contributed by atoms with Crippen LogP contribution in [0.4, 0.5) is 11.4 Å². The third kappa shape index (κ3) is 2.43. The van der Waals surface area contributed by atoms with Gasteiger partial charge in [-0.05, 0) is 6.07 Å². The van der Waals surface area contributed by atoms with Gasteiger partial charge in [0.1, 0.15) is 0 Å². The van der Waals surface area contributed by atoms with E-state index in [1.807, 2.05) is 0 Å². The van der Waals surface area contributed by atoms with E-state index >= 15 is 0 Å². The van der Waals surface area contributed by atoms with Gasteiger partial charge in [-0.25, -0.2) is 0 Å².